The Labute approximate surface area is 194 Å². The van der Waals surface area contributed by atoms with Crippen LogP contribution in [0, 0.1) is 63.1 Å². The van der Waals surface area contributed by atoms with Crippen LogP contribution in [0.25, 0.3) is 0 Å². The van der Waals surface area contributed by atoms with Crippen LogP contribution in [0.15, 0.2) is 0 Å². The van der Waals surface area contributed by atoms with Crippen LogP contribution in [0.5, 0.6) is 0 Å². The summed E-state index contributed by atoms with van der Waals surface area (Å²) >= 11 is 0. The molecule has 10 unspecified atom stereocenters. The molecule has 0 radical (unpaired) electrons. The standard InChI is InChI=1S/C30H53N/c1-19(2)21-11-13-27(6)15-16-29(8)22(25(21)27)9-10-24-28(7)18-20(3)17-26(4,5)23(28)12-14-30(24,29)31/h19-25H,9-18,31H2,1-8H3. The minimum absolute atomic E-state index is 0.0553. The molecular formula is C30H53N. The zero-order valence-electron chi connectivity index (χ0n) is 22.2. The maximum absolute atomic E-state index is 7.83. The van der Waals surface area contributed by atoms with Gasteiger partial charge in [0.25, 0.3) is 0 Å². The van der Waals surface area contributed by atoms with Gasteiger partial charge in [-0.2, -0.15) is 0 Å². The highest BCUT2D eigenvalue weighted by Gasteiger charge is 2.70. The maximum Gasteiger partial charge on any atom is 0.0245 e. The molecule has 0 heterocycles. The van der Waals surface area contributed by atoms with Crippen LogP contribution < -0.4 is 5.73 Å². The fourth-order valence-electron chi connectivity index (χ4n) is 12.2. The van der Waals surface area contributed by atoms with E-state index < -0.39 is 0 Å². The Kier molecular flexibility index (Phi) is 4.96. The smallest absolute Gasteiger partial charge is 0.0245 e. The molecule has 5 fully saturated rings. The molecule has 0 saturated heterocycles. The van der Waals surface area contributed by atoms with E-state index in [-0.39, 0.29) is 5.54 Å². The first-order chi connectivity index (χ1) is 14.3. The van der Waals surface area contributed by atoms with E-state index in [0.717, 1.165) is 41.4 Å². The number of hydrogen-bond donors (Lipinski definition) is 1. The molecule has 0 aromatic rings. The highest BCUT2D eigenvalue weighted by Crippen LogP contribution is 2.74. The molecule has 2 N–H and O–H groups in total. The summed E-state index contributed by atoms with van der Waals surface area (Å²) < 4.78 is 0. The van der Waals surface area contributed by atoms with E-state index in [9.17, 15) is 0 Å². The van der Waals surface area contributed by atoms with Crippen molar-refractivity contribution >= 4 is 0 Å². The highest BCUT2D eigenvalue weighted by atomic mass is 14.9. The lowest BCUT2D eigenvalue weighted by atomic mass is 9.34. The number of rotatable bonds is 1. The van der Waals surface area contributed by atoms with Gasteiger partial charge in [0.15, 0.2) is 0 Å². The first-order valence-electron chi connectivity index (χ1n) is 14.1. The molecular weight excluding hydrogens is 374 g/mol. The van der Waals surface area contributed by atoms with Crippen LogP contribution in [0.4, 0.5) is 0 Å². The summed E-state index contributed by atoms with van der Waals surface area (Å²) in [4.78, 5) is 0. The molecule has 0 aromatic heterocycles. The van der Waals surface area contributed by atoms with Crippen LogP contribution in [-0.4, -0.2) is 5.54 Å². The van der Waals surface area contributed by atoms with E-state index in [1.807, 2.05) is 0 Å². The van der Waals surface area contributed by atoms with Crippen LogP contribution in [0.3, 0.4) is 0 Å². The first kappa shape index (κ1) is 22.7. The molecule has 5 aliphatic carbocycles. The number of nitrogens with two attached hydrogens (primary N) is 1. The Balaban J connectivity index is 1.55. The molecule has 5 aliphatic rings. The topological polar surface area (TPSA) is 26.0 Å². The van der Waals surface area contributed by atoms with Crippen molar-refractivity contribution in [3.63, 3.8) is 0 Å². The molecule has 178 valence electrons. The summed E-state index contributed by atoms with van der Waals surface area (Å²) in [6.07, 6.45) is 14.1. The van der Waals surface area contributed by atoms with Gasteiger partial charge in [0, 0.05) is 5.54 Å². The molecule has 0 spiro atoms. The lowest BCUT2D eigenvalue weighted by Gasteiger charge is -2.72. The monoisotopic (exact) mass is 427 g/mol. The van der Waals surface area contributed by atoms with Crippen molar-refractivity contribution in [2.45, 2.75) is 125 Å². The third kappa shape index (κ3) is 2.83. The minimum atomic E-state index is 0.0553. The van der Waals surface area contributed by atoms with Crippen molar-refractivity contribution in [1.82, 2.24) is 0 Å². The van der Waals surface area contributed by atoms with E-state index in [2.05, 4.69) is 55.4 Å². The third-order valence-electron chi connectivity index (χ3n) is 13.1. The van der Waals surface area contributed by atoms with E-state index in [4.69, 9.17) is 5.73 Å². The van der Waals surface area contributed by atoms with Crippen molar-refractivity contribution in [2.24, 2.45) is 68.8 Å². The second kappa shape index (κ2) is 6.76. The maximum atomic E-state index is 7.83. The fraction of sp³-hybridized carbons (Fsp3) is 1.00. The average Bonchev–Trinajstić information content (AvgIpc) is 2.99. The fourth-order valence-corrected chi connectivity index (χ4v) is 12.2. The van der Waals surface area contributed by atoms with Crippen LogP contribution in [-0.2, 0) is 0 Å². The molecule has 1 heteroatoms. The number of fused-ring (bicyclic) bond motifs is 7. The molecule has 0 amide bonds. The van der Waals surface area contributed by atoms with Crippen molar-refractivity contribution in [3.05, 3.63) is 0 Å². The molecule has 10 atom stereocenters. The third-order valence-corrected chi connectivity index (χ3v) is 13.1. The zero-order valence-corrected chi connectivity index (χ0v) is 22.2. The van der Waals surface area contributed by atoms with Gasteiger partial charge in [0.2, 0.25) is 0 Å². The Hall–Kier alpha value is -0.0400. The van der Waals surface area contributed by atoms with Gasteiger partial charge in [-0.05, 0) is 127 Å². The second-order valence-electron chi connectivity index (χ2n) is 15.4. The zero-order chi connectivity index (χ0) is 22.6. The molecule has 31 heavy (non-hydrogen) atoms. The van der Waals surface area contributed by atoms with Gasteiger partial charge in [-0.25, -0.2) is 0 Å². The molecule has 0 aliphatic heterocycles. The Morgan fingerprint density at radius 3 is 2.16 bits per heavy atom. The van der Waals surface area contributed by atoms with Gasteiger partial charge in [-0.15, -0.1) is 0 Å². The van der Waals surface area contributed by atoms with Gasteiger partial charge in [0.05, 0.1) is 0 Å². The molecule has 5 saturated carbocycles. The molecule has 0 bridgehead atoms. The minimum Gasteiger partial charge on any atom is -0.324 e. The molecule has 0 aromatic carbocycles. The lowest BCUT2D eigenvalue weighted by Crippen LogP contribution is -2.74. The Morgan fingerprint density at radius 1 is 0.774 bits per heavy atom. The molecule has 1 nitrogen and oxygen atoms in total. The second-order valence-corrected chi connectivity index (χ2v) is 15.4. The van der Waals surface area contributed by atoms with Gasteiger partial charge in [0.1, 0.15) is 0 Å². The first-order valence-corrected chi connectivity index (χ1v) is 14.1. The average molecular weight is 428 g/mol. The van der Waals surface area contributed by atoms with Crippen LogP contribution >= 0.6 is 0 Å². The van der Waals surface area contributed by atoms with Crippen molar-refractivity contribution in [2.75, 3.05) is 0 Å². The van der Waals surface area contributed by atoms with Crippen LogP contribution in [0.1, 0.15) is 120 Å². The SMILES string of the molecule is CC1CC(C)(C)C2CCC3(N)C(CCC4C5C(C(C)C)CCC5(C)CCC43C)C2(C)C1. The lowest BCUT2D eigenvalue weighted by molar-refractivity contribution is -0.208. The van der Waals surface area contributed by atoms with Gasteiger partial charge in [-0.3, -0.25) is 0 Å². The van der Waals surface area contributed by atoms with Gasteiger partial charge < -0.3 is 5.73 Å². The van der Waals surface area contributed by atoms with E-state index in [1.165, 1.54) is 64.2 Å². The van der Waals surface area contributed by atoms with Crippen LogP contribution in [0.2, 0.25) is 0 Å². The summed E-state index contributed by atoms with van der Waals surface area (Å²) in [5, 5.41) is 0. The van der Waals surface area contributed by atoms with Gasteiger partial charge in [-0.1, -0.05) is 55.4 Å². The van der Waals surface area contributed by atoms with Gasteiger partial charge >= 0.3 is 0 Å². The van der Waals surface area contributed by atoms with E-state index >= 15 is 0 Å². The normalized spacial score (nSPS) is 58.3. The number of hydrogen-bond acceptors (Lipinski definition) is 1. The largest absolute Gasteiger partial charge is 0.324 e. The summed E-state index contributed by atoms with van der Waals surface area (Å²) in [5.41, 5.74) is 9.73. The summed E-state index contributed by atoms with van der Waals surface area (Å²) in [7, 11) is 0. The highest BCUT2D eigenvalue weighted by molar-refractivity contribution is 5.22. The van der Waals surface area contributed by atoms with Crippen molar-refractivity contribution < 1.29 is 0 Å². The quantitative estimate of drug-likeness (QED) is 0.450. The molecule has 5 rings (SSSR count). The van der Waals surface area contributed by atoms with Crippen molar-refractivity contribution in [1.29, 1.82) is 0 Å². The summed E-state index contributed by atoms with van der Waals surface area (Å²) in [6.45, 7) is 20.8. The predicted octanol–water partition coefficient (Wildman–Crippen LogP) is 8.07. The van der Waals surface area contributed by atoms with E-state index in [0.29, 0.717) is 21.7 Å². The van der Waals surface area contributed by atoms with Crippen molar-refractivity contribution in [3.8, 4) is 0 Å². The summed E-state index contributed by atoms with van der Waals surface area (Å²) in [6, 6.07) is 0. The Bertz CT molecular complexity index is 724. The Morgan fingerprint density at radius 2 is 1.48 bits per heavy atom. The predicted molar refractivity (Wildman–Crippen MR) is 133 cm³/mol. The van der Waals surface area contributed by atoms with E-state index in [1.54, 1.807) is 0 Å². The summed E-state index contributed by atoms with van der Waals surface area (Å²) in [5.74, 6) is 5.96.